The van der Waals surface area contributed by atoms with E-state index in [1.807, 2.05) is 13.0 Å². The first-order valence-electron chi connectivity index (χ1n) is 6.38. The summed E-state index contributed by atoms with van der Waals surface area (Å²) >= 11 is 5.26. The molecule has 2 heterocycles. The fourth-order valence-corrected chi connectivity index (χ4v) is 3.22. The van der Waals surface area contributed by atoms with Gasteiger partial charge < -0.3 is 5.32 Å². The molecule has 19 heavy (non-hydrogen) atoms. The van der Waals surface area contributed by atoms with Gasteiger partial charge in [-0.2, -0.15) is 0 Å². The van der Waals surface area contributed by atoms with Gasteiger partial charge in [0, 0.05) is 29.1 Å². The first kappa shape index (κ1) is 14.5. The number of aromatic nitrogens is 2. The molecule has 0 unspecified atom stereocenters. The van der Waals surface area contributed by atoms with E-state index < -0.39 is 0 Å². The molecule has 102 valence electrons. The molecule has 0 bridgehead atoms. The zero-order valence-corrected chi connectivity index (χ0v) is 13.8. The molecular weight excluding hydrogens is 322 g/mol. The lowest BCUT2D eigenvalue weighted by atomic mass is 10.2. The van der Waals surface area contributed by atoms with Crippen LogP contribution in [0.3, 0.4) is 0 Å². The number of hydrogen-bond acceptors (Lipinski definition) is 4. The molecule has 0 atom stereocenters. The Balaban J connectivity index is 1.95. The molecule has 5 heteroatoms. The van der Waals surface area contributed by atoms with Gasteiger partial charge in [0.15, 0.2) is 0 Å². The molecule has 2 rings (SSSR count). The Hall–Kier alpha value is -0.940. The van der Waals surface area contributed by atoms with Crippen molar-refractivity contribution < 1.29 is 0 Å². The van der Waals surface area contributed by atoms with Gasteiger partial charge in [0.2, 0.25) is 0 Å². The molecule has 0 spiro atoms. The van der Waals surface area contributed by atoms with E-state index >= 15 is 0 Å². The predicted octanol–water partition coefficient (Wildman–Crippen LogP) is 4.39. The van der Waals surface area contributed by atoms with Crippen LogP contribution < -0.4 is 5.32 Å². The summed E-state index contributed by atoms with van der Waals surface area (Å²) in [5.74, 6) is 2.18. The maximum absolute atomic E-state index is 4.54. The Kier molecular flexibility index (Phi) is 4.93. The van der Waals surface area contributed by atoms with Crippen molar-refractivity contribution in [2.45, 2.75) is 33.1 Å². The summed E-state index contributed by atoms with van der Waals surface area (Å²) in [5, 5.41) is 3.38. The molecule has 0 saturated carbocycles. The molecule has 0 amide bonds. The van der Waals surface area contributed by atoms with Crippen LogP contribution in [0.1, 0.15) is 36.2 Å². The molecule has 0 aliphatic heterocycles. The second-order valence-electron chi connectivity index (χ2n) is 4.79. The number of thiophene rings is 1. The van der Waals surface area contributed by atoms with E-state index in [0.29, 0.717) is 5.92 Å². The fourth-order valence-electron chi connectivity index (χ4n) is 1.74. The van der Waals surface area contributed by atoms with Crippen molar-refractivity contribution in [3.05, 3.63) is 38.4 Å². The third-order valence-corrected chi connectivity index (χ3v) is 4.38. The number of hydrogen-bond donors (Lipinski definition) is 1. The normalized spacial score (nSPS) is 11.0. The summed E-state index contributed by atoms with van der Waals surface area (Å²) in [6.07, 6.45) is 1.01. The minimum atomic E-state index is 0.355. The molecule has 3 nitrogen and oxygen atoms in total. The molecule has 0 aromatic carbocycles. The molecule has 0 radical (unpaired) electrons. The van der Waals surface area contributed by atoms with Crippen molar-refractivity contribution in [2.24, 2.45) is 0 Å². The van der Waals surface area contributed by atoms with Crippen LogP contribution in [0.25, 0.3) is 0 Å². The van der Waals surface area contributed by atoms with Crippen LogP contribution in [-0.2, 0) is 6.42 Å². The summed E-state index contributed by atoms with van der Waals surface area (Å²) in [6, 6.07) is 6.24. The first-order chi connectivity index (χ1) is 9.04. The third-order valence-electron chi connectivity index (χ3n) is 2.69. The van der Waals surface area contributed by atoms with Gasteiger partial charge in [-0.15, -0.1) is 11.3 Å². The topological polar surface area (TPSA) is 37.8 Å². The van der Waals surface area contributed by atoms with Gasteiger partial charge in [-0.25, -0.2) is 9.97 Å². The monoisotopic (exact) mass is 339 g/mol. The lowest BCUT2D eigenvalue weighted by Crippen LogP contribution is -2.09. The zero-order chi connectivity index (χ0) is 13.8. The van der Waals surface area contributed by atoms with Gasteiger partial charge in [0.05, 0.1) is 3.79 Å². The van der Waals surface area contributed by atoms with Gasteiger partial charge in [-0.05, 0) is 41.4 Å². The van der Waals surface area contributed by atoms with E-state index in [4.69, 9.17) is 0 Å². The lowest BCUT2D eigenvalue weighted by molar-refractivity contribution is 0.766. The highest BCUT2D eigenvalue weighted by Crippen LogP contribution is 2.22. The molecule has 0 saturated heterocycles. The van der Waals surface area contributed by atoms with E-state index in [-0.39, 0.29) is 0 Å². The second kappa shape index (κ2) is 6.48. The van der Waals surface area contributed by atoms with Gasteiger partial charge >= 0.3 is 0 Å². The quantitative estimate of drug-likeness (QED) is 0.877. The van der Waals surface area contributed by atoms with Crippen LogP contribution in [0.5, 0.6) is 0 Å². The largest absolute Gasteiger partial charge is 0.370 e. The Morgan fingerprint density at radius 1 is 1.32 bits per heavy atom. The highest BCUT2D eigenvalue weighted by molar-refractivity contribution is 9.11. The summed E-state index contributed by atoms with van der Waals surface area (Å²) in [7, 11) is 0. The zero-order valence-electron chi connectivity index (χ0n) is 11.4. The van der Waals surface area contributed by atoms with Gasteiger partial charge in [-0.3, -0.25) is 0 Å². The van der Waals surface area contributed by atoms with Gasteiger partial charge in [0.1, 0.15) is 11.6 Å². The van der Waals surface area contributed by atoms with Crippen molar-refractivity contribution in [3.8, 4) is 0 Å². The molecule has 0 aliphatic carbocycles. The average Bonchev–Trinajstić information content (AvgIpc) is 2.74. The Labute approximate surface area is 126 Å². The van der Waals surface area contributed by atoms with Crippen molar-refractivity contribution in [1.82, 2.24) is 9.97 Å². The number of aryl methyl sites for hydroxylation is 1. The summed E-state index contributed by atoms with van der Waals surface area (Å²) in [6.45, 7) is 7.12. The summed E-state index contributed by atoms with van der Waals surface area (Å²) in [4.78, 5) is 10.4. The summed E-state index contributed by atoms with van der Waals surface area (Å²) < 4.78 is 1.18. The molecular formula is C14H18BrN3S. The minimum absolute atomic E-state index is 0.355. The first-order valence-corrected chi connectivity index (χ1v) is 7.99. The SMILES string of the molecule is Cc1cc(NCCc2ccc(Br)s2)nc(C(C)C)n1. The van der Waals surface area contributed by atoms with Crippen LogP contribution in [0.15, 0.2) is 22.0 Å². The van der Waals surface area contributed by atoms with Crippen molar-refractivity contribution >= 4 is 33.1 Å². The van der Waals surface area contributed by atoms with E-state index in [9.17, 15) is 0 Å². The van der Waals surface area contributed by atoms with Gasteiger partial charge in [0.25, 0.3) is 0 Å². The van der Waals surface area contributed by atoms with E-state index in [0.717, 1.165) is 30.3 Å². The highest BCUT2D eigenvalue weighted by atomic mass is 79.9. The number of rotatable bonds is 5. The molecule has 1 N–H and O–H groups in total. The lowest BCUT2D eigenvalue weighted by Gasteiger charge is -2.09. The molecule has 0 aliphatic rings. The van der Waals surface area contributed by atoms with Crippen molar-refractivity contribution in [3.63, 3.8) is 0 Å². The second-order valence-corrected chi connectivity index (χ2v) is 7.34. The highest BCUT2D eigenvalue weighted by Gasteiger charge is 2.06. The van der Waals surface area contributed by atoms with Crippen LogP contribution >= 0.6 is 27.3 Å². The average molecular weight is 340 g/mol. The maximum atomic E-state index is 4.54. The van der Waals surface area contributed by atoms with Crippen LogP contribution in [0, 0.1) is 6.92 Å². The van der Waals surface area contributed by atoms with Gasteiger partial charge in [-0.1, -0.05) is 13.8 Å². The number of halogens is 1. The number of nitrogens with one attached hydrogen (secondary N) is 1. The van der Waals surface area contributed by atoms with Crippen LogP contribution in [0.4, 0.5) is 5.82 Å². The van der Waals surface area contributed by atoms with E-state index in [1.165, 1.54) is 8.66 Å². The fraction of sp³-hybridized carbons (Fsp3) is 0.429. The third kappa shape index (κ3) is 4.28. The standard InChI is InChI=1S/C14H18BrN3S/c1-9(2)14-17-10(3)8-13(18-14)16-7-6-11-4-5-12(15)19-11/h4-5,8-9H,6-7H2,1-3H3,(H,16,17,18). The van der Waals surface area contributed by atoms with Crippen LogP contribution in [0.2, 0.25) is 0 Å². The number of anilines is 1. The number of nitrogens with zero attached hydrogens (tertiary/aromatic N) is 2. The van der Waals surface area contributed by atoms with Crippen LogP contribution in [-0.4, -0.2) is 16.5 Å². The molecule has 2 aromatic heterocycles. The molecule has 0 fully saturated rings. The molecule has 2 aromatic rings. The minimum Gasteiger partial charge on any atom is -0.370 e. The predicted molar refractivity (Wildman–Crippen MR) is 85.1 cm³/mol. The summed E-state index contributed by atoms with van der Waals surface area (Å²) in [5.41, 5.74) is 1.01. The smallest absolute Gasteiger partial charge is 0.133 e. The van der Waals surface area contributed by atoms with Crippen molar-refractivity contribution in [2.75, 3.05) is 11.9 Å². The maximum Gasteiger partial charge on any atom is 0.133 e. The van der Waals surface area contributed by atoms with E-state index in [1.54, 1.807) is 11.3 Å². The Morgan fingerprint density at radius 3 is 2.74 bits per heavy atom. The van der Waals surface area contributed by atoms with Crippen molar-refractivity contribution in [1.29, 1.82) is 0 Å². The Bertz CT molecular complexity index is 551. The van der Waals surface area contributed by atoms with E-state index in [2.05, 4.69) is 57.2 Å². The Morgan fingerprint density at radius 2 is 2.11 bits per heavy atom.